The van der Waals surface area contributed by atoms with Crippen LogP contribution in [0.15, 0.2) is 39.9 Å². The number of thioether (sulfide) groups is 1. The van der Waals surface area contributed by atoms with Crippen molar-refractivity contribution in [1.82, 2.24) is 19.7 Å². The number of nitrogens with zero attached hydrogens (tertiary/aromatic N) is 4. The highest BCUT2D eigenvalue weighted by molar-refractivity contribution is 7.99. The number of carbonyl (C=O) groups is 1. The molecule has 1 amide bonds. The van der Waals surface area contributed by atoms with Crippen molar-refractivity contribution in [3.8, 4) is 5.69 Å². The van der Waals surface area contributed by atoms with Crippen molar-refractivity contribution in [2.45, 2.75) is 50.6 Å². The zero-order chi connectivity index (χ0) is 19.5. The minimum Gasteiger partial charge on any atom is -0.408 e. The number of amides is 1. The van der Waals surface area contributed by atoms with Gasteiger partial charge in [-0.25, -0.2) is 4.98 Å². The van der Waals surface area contributed by atoms with Crippen molar-refractivity contribution in [3.63, 3.8) is 0 Å². The lowest BCUT2D eigenvalue weighted by atomic mass is 10.0. The van der Waals surface area contributed by atoms with Gasteiger partial charge < -0.3 is 4.42 Å². The summed E-state index contributed by atoms with van der Waals surface area (Å²) in [6.45, 7) is 3.92. The Bertz CT molecular complexity index is 964. The Balaban J connectivity index is 1.50. The molecule has 0 bridgehead atoms. The van der Waals surface area contributed by atoms with Gasteiger partial charge in [0, 0.05) is 17.3 Å². The monoisotopic (exact) mass is 397 g/mol. The molecule has 0 fully saturated rings. The van der Waals surface area contributed by atoms with Gasteiger partial charge in [0.05, 0.1) is 11.4 Å². The summed E-state index contributed by atoms with van der Waals surface area (Å²) in [5.41, 5.74) is 3.50. The fraction of sp³-hybridized carbons (Fsp3) is 0.400. The van der Waals surface area contributed by atoms with E-state index in [1.807, 2.05) is 32.0 Å². The van der Waals surface area contributed by atoms with Crippen LogP contribution in [-0.2, 0) is 17.6 Å². The van der Waals surface area contributed by atoms with Gasteiger partial charge in [-0.1, -0.05) is 48.9 Å². The molecule has 0 spiro atoms. The lowest BCUT2D eigenvalue weighted by Gasteiger charge is -2.15. The van der Waals surface area contributed by atoms with Gasteiger partial charge in [0.25, 0.3) is 0 Å². The fourth-order valence-corrected chi connectivity index (χ4v) is 4.11. The van der Waals surface area contributed by atoms with E-state index in [2.05, 4.69) is 32.2 Å². The molecule has 4 rings (SSSR count). The highest BCUT2D eigenvalue weighted by atomic mass is 32.2. The fourth-order valence-electron chi connectivity index (χ4n) is 3.26. The van der Waals surface area contributed by atoms with Crippen LogP contribution in [0, 0.1) is 0 Å². The standard InChI is InChI=1S/C20H23N5O2S/c1-13(2)18-23-24-19(27-18)22-17(26)12-28-20-21-15-10-6-7-11-16(15)25(20)14-8-4-3-5-9-14/h3-5,8-9,13H,6-7,10-12H2,1-2H3,(H,22,24,26). The molecule has 1 aromatic carbocycles. The van der Waals surface area contributed by atoms with E-state index < -0.39 is 0 Å². The first-order valence-corrected chi connectivity index (χ1v) is 10.5. The average Bonchev–Trinajstić information content (AvgIpc) is 3.31. The third kappa shape index (κ3) is 3.96. The first-order valence-electron chi connectivity index (χ1n) is 9.54. The molecule has 0 saturated carbocycles. The summed E-state index contributed by atoms with van der Waals surface area (Å²) in [6, 6.07) is 10.3. The van der Waals surface area contributed by atoms with Crippen molar-refractivity contribution < 1.29 is 9.21 Å². The predicted octanol–water partition coefficient (Wildman–Crippen LogP) is 3.99. The van der Waals surface area contributed by atoms with Gasteiger partial charge in [0.1, 0.15) is 0 Å². The van der Waals surface area contributed by atoms with Crippen molar-refractivity contribution in [2.75, 3.05) is 11.1 Å². The molecule has 0 radical (unpaired) electrons. The number of aromatic nitrogens is 4. The van der Waals surface area contributed by atoms with Crippen molar-refractivity contribution in [1.29, 1.82) is 0 Å². The summed E-state index contributed by atoms with van der Waals surface area (Å²) in [5.74, 6) is 0.666. The molecule has 1 aliphatic carbocycles. The maximum Gasteiger partial charge on any atom is 0.322 e. The molecule has 1 aliphatic rings. The number of fused-ring (bicyclic) bond motifs is 1. The number of anilines is 1. The predicted molar refractivity (Wildman–Crippen MR) is 108 cm³/mol. The number of para-hydroxylation sites is 1. The third-order valence-electron chi connectivity index (χ3n) is 4.63. The van der Waals surface area contributed by atoms with Gasteiger partial charge in [-0.15, -0.1) is 5.10 Å². The van der Waals surface area contributed by atoms with E-state index >= 15 is 0 Å². The number of rotatable bonds is 6. The minimum atomic E-state index is -0.190. The Labute approximate surface area is 167 Å². The van der Waals surface area contributed by atoms with E-state index in [4.69, 9.17) is 9.40 Å². The molecule has 2 aromatic heterocycles. The normalized spacial score (nSPS) is 13.5. The van der Waals surface area contributed by atoms with Gasteiger partial charge in [-0.2, -0.15) is 0 Å². The van der Waals surface area contributed by atoms with Crippen molar-refractivity contribution in [2.24, 2.45) is 0 Å². The van der Waals surface area contributed by atoms with Crippen LogP contribution in [0.4, 0.5) is 6.01 Å². The van der Waals surface area contributed by atoms with Crippen LogP contribution in [-0.4, -0.2) is 31.4 Å². The van der Waals surface area contributed by atoms with Crippen LogP contribution in [0.2, 0.25) is 0 Å². The number of carbonyl (C=O) groups excluding carboxylic acids is 1. The summed E-state index contributed by atoms with van der Waals surface area (Å²) < 4.78 is 7.63. The number of benzene rings is 1. The number of imidazole rings is 1. The second kappa shape index (κ2) is 8.18. The van der Waals surface area contributed by atoms with Gasteiger partial charge in [-0.3, -0.25) is 14.7 Å². The van der Waals surface area contributed by atoms with Gasteiger partial charge >= 0.3 is 6.01 Å². The van der Waals surface area contributed by atoms with E-state index in [9.17, 15) is 4.79 Å². The summed E-state index contributed by atoms with van der Waals surface area (Å²) in [6.07, 6.45) is 4.35. The summed E-state index contributed by atoms with van der Waals surface area (Å²) in [7, 11) is 0. The van der Waals surface area contributed by atoms with Gasteiger partial charge in [-0.05, 0) is 37.8 Å². The quantitative estimate of drug-likeness (QED) is 0.633. The molecule has 0 saturated heterocycles. The van der Waals surface area contributed by atoms with Crippen LogP contribution in [0.1, 0.15) is 49.9 Å². The Kier molecular flexibility index (Phi) is 5.47. The van der Waals surface area contributed by atoms with Gasteiger partial charge in [0.15, 0.2) is 5.16 Å². The summed E-state index contributed by atoms with van der Waals surface area (Å²) in [4.78, 5) is 17.2. The molecule has 3 aromatic rings. The molecule has 8 heteroatoms. The minimum absolute atomic E-state index is 0.122. The van der Waals surface area contributed by atoms with Gasteiger partial charge in [0.2, 0.25) is 11.8 Å². The topological polar surface area (TPSA) is 85.8 Å². The van der Waals surface area contributed by atoms with E-state index in [1.54, 1.807) is 0 Å². The van der Waals surface area contributed by atoms with Crippen LogP contribution >= 0.6 is 11.8 Å². The Morgan fingerprint density at radius 3 is 2.75 bits per heavy atom. The molecule has 2 heterocycles. The van der Waals surface area contributed by atoms with Crippen LogP contribution < -0.4 is 5.32 Å². The van der Waals surface area contributed by atoms with E-state index in [0.29, 0.717) is 5.89 Å². The van der Waals surface area contributed by atoms with Crippen LogP contribution in [0.25, 0.3) is 5.69 Å². The number of aryl methyl sites for hydroxylation is 1. The maximum atomic E-state index is 12.4. The van der Waals surface area contributed by atoms with Crippen LogP contribution in [0.3, 0.4) is 0 Å². The number of hydrogen-bond acceptors (Lipinski definition) is 6. The van der Waals surface area contributed by atoms with E-state index in [1.165, 1.54) is 30.3 Å². The van der Waals surface area contributed by atoms with Crippen molar-refractivity contribution in [3.05, 3.63) is 47.6 Å². The van der Waals surface area contributed by atoms with E-state index in [0.717, 1.165) is 29.4 Å². The molecular formula is C20H23N5O2S. The molecule has 146 valence electrons. The molecule has 7 nitrogen and oxygen atoms in total. The lowest BCUT2D eigenvalue weighted by molar-refractivity contribution is -0.113. The lowest BCUT2D eigenvalue weighted by Crippen LogP contribution is -2.15. The smallest absolute Gasteiger partial charge is 0.322 e. The van der Waals surface area contributed by atoms with Crippen molar-refractivity contribution >= 4 is 23.7 Å². The highest BCUT2D eigenvalue weighted by Crippen LogP contribution is 2.30. The largest absolute Gasteiger partial charge is 0.408 e. The third-order valence-corrected chi connectivity index (χ3v) is 5.57. The number of nitrogens with one attached hydrogen (secondary N) is 1. The number of hydrogen-bond donors (Lipinski definition) is 1. The van der Waals surface area contributed by atoms with E-state index in [-0.39, 0.29) is 23.6 Å². The average molecular weight is 398 g/mol. The molecule has 0 atom stereocenters. The molecule has 0 aliphatic heterocycles. The van der Waals surface area contributed by atoms with Crippen LogP contribution in [0.5, 0.6) is 0 Å². The maximum absolute atomic E-state index is 12.4. The molecule has 28 heavy (non-hydrogen) atoms. The molecular weight excluding hydrogens is 374 g/mol. The Hall–Kier alpha value is -2.61. The second-order valence-corrected chi connectivity index (χ2v) is 8.05. The zero-order valence-corrected chi connectivity index (χ0v) is 16.8. The SMILES string of the molecule is CC(C)c1nnc(NC(=O)CSc2nc3c(n2-c2ccccc2)CCCC3)o1. The first kappa shape index (κ1) is 18.7. The Morgan fingerprint density at radius 1 is 1.21 bits per heavy atom. The molecule has 0 unspecified atom stereocenters. The summed E-state index contributed by atoms with van der Waals surface area (Å²) in [5, 5.41) is 11.3. The zero-order valence-electron chi connectivity index (χ0n) is 16.0. The summed E-state index contributed by atoms with van der Waals surface area (Å²) >= 11 is 1.43. The highest BCUT2D eigenvalue weighted by Gasteiger charge is 2.22. The first-order chi connectivity index (χ1) is 13.6. The second-order valence-electron chi connectivity index (χ2n) is 7.10. The Morgan fingerprint density at radius 2 is 2.00 bits per heavy atom. The molecule has 1 N–H and O–H groups in total.